The fraction of sp³-hybridized carbons (Fsp3) is 0.357. The summed E-state index contributed by atoms with van der Waals surface area (Å²) in [7, 11) is 2.02. The molecule has 0 radical (unpaired) electrons. The monoisotopic (exact) mass is 231 g/mol. The van der Waals surface area contributed by atoms with Crippen LogP contribution in [-0.2, 0) is 18.3 Å². The molecule has 2 rings (SSSR count). The summed E-state index contributed by atoms with van der Waals surface area (Å²) in [5.41, 5.74) is 2.41. The highest BCUT2D eigenvalue weighted by Crippen LogP contribution is 2.18. The summed E-state index contributed by atoms with van der Waals surface area (Å²) in [4.78, 5) is 10.7. The van der Waals surface area contributed by atoms with Gasteiger partial charge in [-0.1, -0.05) is 13.0 Å². The van der Waals surface area contributed by atoms with Gasteiger partial charge in [-0.05, 0) is 42.0 Å². The van der Waals surface area contributed by atoms with E-state index in [-0.39, 0.29) is 5.92 Å². The minimum atomic E-state index is -0.717. The second-order valence-corrected chi connectivity index (χ2v) is 4.60. The van der Waals surface area contributed by atoms with Gasteiger partial charge in [0, 0.05) is 18.8 Å². The van der Waals surface area contributed by atoms with Crippen LogP contribution < -0.4 is 0 Å². The summed E-state index contributed by atoms with van der Waals surface area (Å²) in [6.45, 7) is 1.75. The van der Waals surface area contributed by atoms with E-state index in [2.05, 4.69) is 28.8 Å². The van der Waals surface area contributed by atoms with Crippen molar-refractivity contribution >= 4 is 16.9 Å². The third-order valence-corrected chi connectivity index (χ3v) is 3.24. The maximum atomic E-state index is 10.7. The first-order chi connectivity index (χ1) is 8.08. The van der Waals surface area contributed by atoms with Crippen LogP contribution in [0.25, 0.3) is 10.9 Å². The lowest BCUT2D eigenvalue weighted by atomic mass is 10.0. The van der Waals surface area contributed by atoms with Crippen LogP contribution in [0.5, 0.6) is 0 Å². The molecule has 0 amide bonds. The predicted molar refractivity (Wildman–Crippen MR) is 68.0 cm³/mol. The molecule has 1 atom stereocenters. The highest BCUT2D eigenvalue weighted by atomic mass is 16.4. The lowest BCUT2D eigenvalue weighted by Gasteiger charge is -2.06. The van der Waals surface area contributed by atoms with Crippen LogP contribution in [0.15, 0.2) is 30.5 Å². The molecule has 1 N–H and O–H groups in total. The number of hydrogen-bond donors (Lipinski definition) is 1. The van der Waals surface area contributed by atoms with E-state index >= 15 is 0 Å². The molecule has 1 aromatic carbocycles. The number of carboxylic acid groups (broad SMARTS) is 1. The molecular formula is C14H17NO2. The van der Waals surface area contributed by atoms with E-state index in [0.29, 0.717) is 6.42 Å². The number of fused-ring (bicyclic) bond motifs is 1. The number of aliphatic carboxylic acids is 1. The number of rotatable bonds is 4. The second-order valence-electron chi connectivity index (χ2n) is 4.60. The van der Waals surface area contributed by atoms with Gasteiger partial charge in [0.05, 0.1) is 5.92 Å². The minimum Gasteiger partial charge on any atom is -0.481 e. The van der Waals surface area contributed by atoms with Gasteiger partial charge in [-0.3, -0.25) is 4.79 Å². The van der Waals surface area contributed by atoms with Crippen molar-refractivity contribution in [3.8, 4) is 0 Å². The van der Waals surface area contributed by atoms with E-state index < -0.39 is 5.97 Å². The van der Waals surface area contributed by atoms with Gasteiger partial charge in [-0.25, -0.2) is 0 Å². The Hall–Kier alpha value is -1.77. The smallest absolute Gasteiger partial charge is 0.306 e. The van der Waals surface area contributed by atoms with Crippen molar-refractivity contribution in [2.75, 3.05) is 0 Å². The first kappa shape index (κ1) is 11.7. The largest absolute Gasteiger partial charge is 0.481 e. The number of benzene rings is 1. The summed E-state index contributed by atoms with van der Waals surface area (Å²) in [6, 6.07) is 8.40. The highest BCUT2D eigenvalue weighted by Gasteiger charge is 2.10. The lowest BCUT2D eigenvalue weighted by Crippen LogP contribution is -2.10. The molecule has 1 unspecified atom stereocenters. The standard InChI is InChI=1S/C14H17NO2/c1-10(14(16)17)3-4-11-5-6-13-12(9-11)7-8-15(13)2/h5-10H,3-4H2,1-2H3,(H,16,17). The first-order valence-corrected chi connectivity index (χ1v) is 5.84. The van der Waals surface area contributed by atoms with E-state index in [1.54, 1.807) is 6.92 Å². The maximum absolute atomic E-state index is 10.7. The maximum Gasteiger partial charge on any atom is 0.306 e. The second kappa shape index (κ2) is 4.62. The minimum absolute atomic E-state index is 0.276. The van der Waals surface area contributed by atoms with E-state index in [1.165, 1.54) is 16.5 Å². The van der Waals surface area contributed by atoms with Crippen LogP contribution in [0.3, 0.4) is 0 Å². The number of nitrogens with zero attached hydrogens (tertiary/aromatic N) is 1. The summed E-state index contributed by atoms with van der Waals surface area (Å²) in [6.07, 6.45) is 3.54. The van der Waals surface area contributed by atoms with Crippen LogP contribution in [0, 0.1) is 5.92 Å². The normalized spacial score (nSPS) is 12.8. The van der Waals surface area contributed by atoms with Crippen molar-refractivity contribution in [1.82, 2.24) is 4.57 Å². The summed E-state index contributed by atoms with van der Waals surface area (Å²) >= 11 is 0. The van der Waals surface area contributed by atoms with Crippen molar-refractivity contribution in [3.63, 3.8) is 0 Å². The highest BCUT2D eigenvalue weighted by molar-refractivity contribution is 5.80. The van der Waals surface area contributed by atoms with Gasteiger partial charge in [0.2, 0.25) is 0 Å². The van der Waals surface area contributed by atoms with Crippen molar-refractivity contribution in [1.29, 1.82) is 0 Å². The number of carboxylic acids is 1. The number of aromatic nitrogens is 1. The van der Waals surface area contributed by atoms with Crippen LogP contribution in [0.4, 0.5) is 0 Å². The van der Waals surface area contributed by atoms with Gasteiger partial charge >= 0.3 is 5.97 Å². The Morgan fingerprint density at radius 3 is 2.88 bits per heavy atom. The molecule has 1 aromatic heterocycles. The Morgan fingerprint density at radius 1 is 1.41 bits per heavy atom. The molecule has 0 saturated carbocycles. The molecule has 0 spiro atoms. The van der Waals surface area contributed by atoms with E-state index in [0.717, 1.165) is 6.42 Å². The zero-order valence-electron chi connectivity index (χ0n) is 10.2. The Morgan fingerprint density at radius 2 is 2.18 bits per heavy atom. The lowest BCUT2D eigenvalue weighted by molar-refractivity contribution is -0.141. The third-order valence-electron chi connectivity index (χ3n) is 3.24. The topological polar surface area (TPSA) is 42.2 Å². The average Bonchev–Trinajstić information content (AvgIpc) is 2.67. The molecular weight excluding hydrogens is 214 g/mol. The van der Waals surface area contributed by atoms with Crippen LogP contribution in [-0.4, -0.2) is 15.6 Å². The Bertz CT molecular complexity index is 542. The van der Waals surface area contributed by atoms with Crippen molar-refractivity contribution < 1.29 is 9.90 Å². The molecule has 0 saturated heterocycles. The number of aryl methyl sites for hydroxylation is 2. The van der Waals surface area contributed by atoms with Crippen LogP contribution in [0.1, 0.15) is 18.9 Å². The molecule has 0 aliphatic carbocycles. The third kappa shape index (κ3) is 2.49. The van der Waals surface area contributed by atoms with Gasteiger partial charge in [0.25, 0.3) is 0 Å². The molecule has 0 aliphatic heterocycles. The Balaban J connectivity index is 2.12. The molecule has 2 aromatic rings. The fourth-order valence-corrected chi connectivity index (χ4v) is 1.99. The Labute approximate surface area is 101 Å². The molecule has 17 heavy (non-hydrogen) atoms. The SMILES string of the molecule is CC(CCc1ccc2c(ccn2C)c1)C(=O)O. The quantitative estimate of drug-likeness (QED) is 0.879. The Kier molecular flexibility index (Phi) is 3.18. The van der Waals surface area contributed by atoms with Gasteiger partial charge in [0.1, 0.15) is 0 Å². The van der Waals surface area contributed by atoms with Crippen molar-refractivity contribution in [2.45, 2.75) is 19.8 Å². The van der Waals surface area contributed by atoms with Crippen molar-refractivity contribution in [3.05, 3.63) is 36.0 Å². The molecule has 1 heterocycles. The average molecular weight is 231 g/mol. The molecule has 0 aliphatic rings. The van der Waals surface area contributed by atoms with E-state index in [9.17, 15) is 4.79 Å². The first-order valence-electron chi connectivity index (χ1n) is 5.84. The van der Waals surface area contributed by atoms with Gasteiger partial charge in [-0.15, -0.1) is 0 Å². The van der Waals surface area contributed by atoms with Crippen molar-refractivity contribution in [2.24, 2.45) is 13.0 Å². The summed E-state index contributed by atoms with van der Waals surface area (Å²) in [5, 5.41) is 10.0. The number of hydrogen-bond acceptors (Lipinski definition) is 1. The van der Waals surface area contributed by atoms with Gasteiger partial charge in [-0.2, -0.15) is 0 Å². The molecule has 3 heteroatoms. The van der Waals surface area contributed by atoms with Gasteiger partial charge < -0.3 is 9.67 Å². The zero-order chi connectivity index (χ0) is 12.4. The fourth-order valence-electron chi connectivity index (χ4n) is 1.99. The molecule has 90 valence electrons. The number of carbonyl (C=O) groups is 1. The molecule has 3 nitrogen and oxygen atoms in total. The summed E-state index contributed by atoms with van der Waals surface area (Å²) in [5.74, 6) is -0.993. The predicted octanol–water partition coefficient (Wildman–Crippen LogP) is 2.83. The van der Waals surface area contributed by atoms with E-state index in [4.69, 9.17) is 5.11 Å². The van der Waals surface area contributed by atoms with Crippen LogP contribution in [0.2, 0.25) is 0 Å². The molecule has 0 fully saturated rings. The molecule has 0 bridgehead atoms. The van der Waals surface area contributed by atoms with Crippen LogP contribution >= 0.6 is 0 Å². The van der Waals surface area contributed by atoms with E-state index in [1.807, 2.05) is 13.2 Å². The zero-order valence-corrected chi connectivity index (χ0v) is 10.2. The van der Waals surface area contributed by atoms with Gasteiger partial charge in [0.15, 0.2) is 0 Å². The summed E-state index contributed by atoms with van der Waals surface area (Å²) < 4.78 is 2.08.